The van der Waals surface area contributed by atoms with E-state index in [4.69, 9.17) is 9.84 Å². The Morgan fingerprint density at radius 1 is 1.38 bits per heavy atom. The van der Waals surface area contributed by atoms with Crippen molar-refractivity contribution in [3.05, 3.63) is 35.9 Å². The van der Waals surface area contributed by atoms with Crippen LogP contribution < -0.4 is 5.32 Å². The van der Waals surface area contributed by atoms with E-state index in [-0.39, 0.29) is 6.61 Å². The van der Waals surface area contributed by atoms with Gasteiger partial charge in [0.2, 0.25) is 0 Å². The number of amides is 1. The predicted molar refractivity (Wildman–Crippen MR) is 58.8 cm³/mol. The molecule has 1 aliphatic rings. The van der Waals surface area contributed by atoms with E-state index in [1.54, 1.807) is 0 Å². The highest BCUT2D eigenvalue weighted by atomic mass is 16.6. The maximum atomic E-state index is 11.4. The number of hydrogen-bond donors (Lipinski definition) is 2. The Kier molecular flexibility index (Phi) is 3.10. The van der Waals surface area contributed by atoms with Gasteiger partial charge in [-0.1, -0.05) is 30.3 Å². The molecule has 0 saturated heterocycles. The maximum absolute atomic E-state index is 11.4. The van der Waals surface area contributed by atoms with E-state index in [1.165, 1.54) is 0 Å². The number of aliphatic hydroxyl groups excluding tert-OH is 1. The first-order valence-corrected chi connectivity index (χ1v) is 5.36. The van der Waals surface area contributed by atoms with Crippen LogP contribution >= 0.6 is 0 Å². The van der Waals surface area contributed by atoms with Crippen LogP contribution in [0, 0.1) is 0 Å². The van der Waals surface area contributed by atoms with E-state index >= 15 is 0 Å². The molecule has 4 nitrogen and oxygen atoms in total. The minimum atomic E-state index is -0.596. The van der Waals surface area contributed by atoms with Crippen LogP contribution in [0.1, 0.15) is 18.4 Å². The van der Waals surface area contributed by atoms with E-state index in [9.17, 15) is 4.79 Å². The van der Waals surface area contributed by atoms with Gasteiger partial charge in [-0.15, -0.1) is 0 Å². The highest BCUT2D eigenvalue weighted by Gasteiger charge is 2.46. The van der Waals surface area contributed by atoms with Gasteiger partial charge in [0.15, 0.2) is 0 Å². The monoisotopic (exact) mass is 221 g/mol. The molecule has 0 radical (unpaired) electrons. The molecular weight excluding hydrogens is 206 g/mol. The summed E-state index contributed by atoms with van der Waals surface area (Å²) >= 11 is 0. The fourth-order valence-corrected chi connectivity index (χ4v) is 1.43. The van der Waals surface area contributed by atoms with Gasteiger partial charge in [-0.3, -0.25) is 0 Å². The van der Waals surface area contributed by atoms with Crippen molar-refractivity contribution in [1.82, 2.24) is 5.32 Å². The first-order valence-electron chi connectivity index (χ1n) is 5.36. The third-order valence-corrected chi connectivity index (χ3v) is 2.68. The van der Waals surface area contributed by atoms with Crippen molar-refractivity contribution >= 4 is 6.09 Å². The highest BCUT2D eigenvalue weighted by molar-refractivity contribution is 5.68. The molecule has 1 aromatic carbocycles. The molecule has 86 valence electrons. The van der Waals surface area contributed by atoms with Crippen molar-refractivity contribution in [3.63, 3.8) is 0 Å². The normalized spacial score (nSPS) is 16.6. The SMILES string of the molecule is O=C(NCc1ccccc1)OC1(CO)CC1. The van der Waals surface area contributed by atoms with Crippen LogP contribution in [-0.4, -0.2) is 23.4 Å². The van der Waals surface area contributed by atoms with Gasteiger partial charge in [0.1, 0.15) is 5.60 Å². The van der Waals surface area contributed by atoms with E-state index in [2.05, 4.69) is 5.32 Å². The summed E-state index contributed by atoms with van der Waals surface area (Å²) in [6, 6.07) is 9.61. The van der Waals surface area contributed by atoms with Crippen molar-refractivity contribution < 1.29 is 14.6 Å². The fraction of sp³-hybridized carbons (Fsp3) is 0.417. The van der Waals surface area contributed by atoms with Gasteiger partial charge in [0.25, 0.3) is 0 Å². The summed E-state index contributed by atoms with van der Waals surface area (Å²) in [4.78, 5) is 11.4. The Labute approximate surface area is 94.2 Å². The first-order chi connectivity index (χ1) is 7.74. The molecule has 0 aliphatic heterocycles. The van der Waals surface area contributed by atoms with E-state index in [0.29, 0.717) is 6.54 Å². The number of carbonyl (C=O) groups excluding carboxylic acids is 1. The molecule has 0 atom stereocenters. The van der Waals surface area contributed by atoms with Gasteiger partial charge in [0, 0.05) is 6.54 Å². The second-order valence-corrected chi connectivity index (χ2v) is 4.07. The molecule has 0 aromatic heterocycles. The number of alkyl carbamates (subject to hydrolysis) is 1. The highest BCUT2D eigenvalue weighted by Crippen LogP contribution is 2.38. The Balaban J connectivity index is 1.76. The zero-order valence-corrected chi connectivity index (χ0v) is 8.98. The molecule has 0 spiro atoms. The second kappa shape index (κ2) is 4.53. The summed E-state index contributed by atoms with van der Waals surface area (Å²) in [6.07, 6.45) is 1.04. The molecule has 0 bridgehead atoms. The quantitative estimate of drug-likeness (QED) is 0.808. The average molecular weight is 221 g/mol. The molecule has 1 aromatic rings. The van der Waals surface area contributed by atoms with Gasteiger partial charge in [0.05, 0.1) is 6.61 Å². The van der Waals surface area contributed by atoms with Crippen molar-refractivity contribution in [3.8, 4) is 0 Å². The van der Waals surface area contributed by atoms with Gasteiger partial charge < -0.3 is 15.2 Å². The lowest BCUT2D eigenvalue weighted by Gasteiger charge is -2.14. The summed E-state index contributed by atoms with van der Waals surface area (Å²) in [7, 11) is 0. The second-order valence-electron chi connectivity index (χ2n) is 4.07. The summed E-state index contributed by atoms with van der Waals surface area (Å²) < 4.78 is 5.12. The van der Waals surface area contributed by atoms with Gasteiger partial charge >= 0.3 is 6.09 Å². The lowest BCUT2D eigenvalue weighted by Crippen LogP contribution is -2.31. The number of benzene rings is 1. The first kappa shape index (κ1) is 11.0. The number of hydrogen-bond acceptors (Lipinski definition) is 3. The molecule has 1 fully saturated rings. The van der Waals surface area contributed by atoms with Crippen LogP contribution in [0.5, 0.6) is 0 Å². The number of aliphatic hydroxyl groups is 1. The molecule has 4 heteroatoms. The lowest BCUT2D eigenvalue weighted by molar-refractivity contribution is 0.0405. The molecule has 16 heavy (non-hydrogen) atoms. The van der Waals surface area contributed by atoms with Gasteiger partial charge in [-0.2, -0.15) is 0 Å². The fourth-order valence-electron chi connectivity index (χ4n) is 1.43. The summed E-state index contributed by atoms with van der Waals surface area (Å²) in [5.74, 6) is 0. The van der Waals surface area contributed by atoms with Gasteiger partial charge in [-0.25, -0.2) is 4.79 Å². The molecule has 0 heterocycles. The lowest BCUT2D eigenvalue weighted by atomic mass is 10.2. The van der Waals surface area contributed by atoms with Crippen LogP contribution in [-0.2, 0) is 11.3 Å². The van der Waals surface area contributed by atoms with Gasteiger partial charge in [-0.05, 0) is 18.4 Å². The van der Waals surface area contributed by atoms with Crippen LogP contribution in [0.15, 0.2) is 30.3 Å². The predicted octanol–water partition coefficient (Wildman–Crippen LogP) is 1.44. The molecule has 0 unspecified atom stereocenters. The van der Waals surface area contributed by atoms with E-state index < -0.39 is 11.7 Å². The third-order valence-electron chi connectivity index (χ3n) is 2.68. The summed E-state index contributed by atoms with van der Waals surface area (Å²) in [5, 5.41) is 11.6. The molecular formula is C12H15NO3. The van der Waals surface area contributed by atoms with E-state index in [0.717, 1.165) is 18.4 Å². The zero-order valence-electron chi connectivity index (χ0n) is 8.98. The zero-order chi connectivity index (χ0) is 11.4. The van der Waals surface area contributed by atoms with Crippen LogP contribution in [0.25, 0.3) is 0 Å². The number of nitrogens with one attached hydrogen (secondary N) is 1. The average Bonchev–Trinajstić information content (AvgIpc) is 3.08. The summed E-state index contributed by atoms with van der Waals surface area (Å²) in [6.45, 7) is 0.354. The van der Waals surface area contributed by atoms with Crippen LogP contribution in [0.3, 0.4) is 0 Å². The van der Waals surface area contributed by atoms with Crippen molar-refractivity contribution in [2.75, 3.05) is 6.61 Å². The maximum Gasteiger partial charge on any atom is 0.408 e. The number of ether oxygens (including phenoxy) is 1. The number of carbonyl (C=O) groups is 1. The third kappa shape index (κ3) is 2.73. The van der Waals surface area contributed by atoms with E-state index in [1.807, 2.05) is 30.3 Å². The summed E-state index contributed by atoms with van der Waals surface area (Å²) in [5.41, 5.74) is 0.425. The topological polar surface area (TPSA) is 58.6 Å². The van der Waals surface area contributed by atoms with Crippen LogP contribution in [0.2, 0.25) is 0 Å². The van der Waals surface area contributed by atoms with Crippen LogP contribution in [0.4, 0.5) is 4.79 Å². The van der Waals surface area contributed by atoms with Crippen molar-refractivity contribution in [2.45, 2.75) is 25.0 Å². The van der Waals surface area contributed by atoms with Crippen molar-refractivity contribution in [1.29, 1.82) is 0 Å². The molecule has 2 N–H and O–H groups in total. The Bertz CT molecular complexity index is 360. The van der Waals surface area contributed by atoms with Crippen molar-refractivity contribution in [2.24, 2.45) is 0 Å². The molecule has 2 rings (SSSR count). The Morgan fingerprint density at radius 2 is 2.06 bits per heavy atom. The largest absolute Gasteiger partial charge is 0.440 e. The Morgan fingerprint density at radius 3 is 2.62 bits per heavy atom. The molecule has 1 aliphatic carbocycles. The molecule has 1 saturated carbocycles. The smallest absolute Gasteiger partial charge is 0.408 e. The minimum absolute atomic E-state index is 0.0915. The Hall–Kier alpha value is -1.55. The minimum Gasteiger partial charge on any atom is -0.440 e. The number of rotatable bonds is 4. The molecule has 1 amide bonds. The standard InChI is InChI=1S/C12H15NO3/c14-9-12(6-7-12)16-11(15)13-8-10-4-2-1-3-5-10/h1-5,14H,6-9H2,(H,13,15).